The first-order valence-corrected chi connectivity index (χ1v) is 8.75. The number of carbonyl (C=O) groups is 3. The Morgan fingerprint density at radius 1 is 1.03 bits per heavy atom. The van der Waals surface area contributed by atoms with Crippen LogP contribution in [0.2, 0.25) is 0 Å². The Labute approximate surface area is 166 Å². The van der Waals surface area contributed by atoms with Crippen LogP contribution in [0.3, 0.4) is 0 Å². The van der Waals surface area contributed by atoms with Gasteiger partial charge in [-0.25, -0.2) is 0 Å². The highest BCUT2D eigenvalue weighted by Crippen LogP contribution is 2.20. The fraction of sp³-hybridized carbons (Fsp3) is 0.250. The number of carbonyl (C=O) groups excluding carboxylic acids is 3. The molecule has 0 radical (unpaired) electrons. The van der Waals surface area contributed by atoms with Crippen LogP contribution in [-0.4, -0.2) is 37.5 Å². The normalized spacial score (nSPS) is 10.3. The van der Waals surface area contributed by atoms with E-state index in [1.807, 2.05) is 19.1 Å². The number of halogens is 2. The van der Waals surface area contributed by atoms with Gasteiger partial charge in [-0.1, -0.05) is 31.2 Å². The molecule has 2 N–H and O–H groups in total. The molecule has 2 rings (SSSR count). The molecule has 0 saturated carbocycles. The largest absolute Gasteiger partial charge is 0.454 e. The predicted octanol–water partition coefficient (Wildman–Crippen LogP) is 2.76. The van der Waals surface area contributed by atoms with Crippen molar-refractivity contribution in [3.8, 4) is 5.75 Å². The van der Waals surface area contributed by atoms with Crippen LogP contribution in [0.5, 0.6) is 5.75 Å². The smallest absolute Gasteiger partial charge is 0.387 e. The summed E-state index contributed by atoms with van der Waals surface area (Å²) in [7, 11) is 0. The Morgan fingerprint density at radius 3 is 2.38 bits per heavy atom. The highest BCUT2D eigenvalue weighted by atomic mass is 19.3. The second-order valence-corrected chi connectivity index (χ2v) is 5.82. The Hall–Kier alpha value is -3.49. The van der Waals surface area contributed by atoms with E-state index in [9.17, 15) is 23.2 Å². The van der Waals surface area contributed by atoms with Gasteiger partial charge in [0.25, 0.3) is 11.8 Å². The molecule has 0 bridgehead atoms. The Morgan fingerprint density at radius 2 is 1.72 bits per heavy atom. The number of benzene rings is 2. The van der Waals surface area contributed by atoms with Gasteiger partial charge in [0.2, 0.25) is 0 Å². The molecule has 2 aromatic carbocycles. The van der Waals surface area contributed by atoms with Gasteiger partial charge in [-0.2, -0.15) is 8.78 Å². The summed E-state index contributed by atoms with van der Waals surface area (Å²) in [5.74, 6) is -2.51. The summed E-state index contributed by atoms with van der Waals surface area (Å²) < 4.78 is 33.8. The van der Waals surface area contributed by atoms with Crippen molar-refractivity contribution in [3.63, 3.8) is 0 Å². The lowest BCUT2D eigenvalue weighted by molar-refractivity contribution is -0.146. The van der Waals surface area contributed by atoms with Crippen LogP contribution in [0.4, 0.5) is 14.5 Å². The van der Waals surface area contributed by atoms with Crippen molar-refractivity contribution in [2.45, 2.75) is 20.0 Å². The third kappa shape index (κ3) is 7.21. The number of alkyl halides is 2. The predicted molar refractivity (Wildman–Crippen MR) is 101 cm³/mol. The second kappa shape index (κ2) is 10.7. The van der Waals surface area contributed by atoms with Gasteiger partial charge in [-0.3, -0.25) is 14.4 Å². The summed E-state index contributed by atoms with van der Waals surface area (Å²) >= 11 is 0. The zero-order valence-electron chi connectivity index (χ0n) is 15.6. The number of hydrogen-bond acceptors (Lipinski definition) is 5. The number of amides is 2. The molecule has 7 nitrogen and oxygen atoms in total. The number of nitrogens with one attached hydrogen (secondary N) is 2. The monoisotopic (exact) mass is 406 g/mol. The molecule has 9 heteroatoms. The van der Waals surface area contributed by atoms with Crippen LogP contribution in [-0.2, 0) is 20.7 Å². The van der Waals surface area contributed by atoms with Gasteiger partial charge in [0.1, 0.15) is 12.3 Å². The maximum absolute atomic E-state index is 12.4. The third-order valence-corrected chi connectivity index (χ3v) is 3.75. The SMILES string of the molecule is CCc1ccc(NC(=O)COC(=O)CNC(=O)c2ccccc2OC(F)F)cc1. The Balaban J connectivity index is 1.78. The van der Waals surface area contributed by atoms with Gasteiger partial charge >= 0.3 is 12.6 Å². The quantitative estimate of drug-likeness (QED) is 0.625. The summed E-state index contributed by atoms with van der Waals surface area (Å²) in [4.78, 5) is 35.6. The minimum atomic E-state index is -3.09. The lowest BCUT2D eigenvalue weighted by Gasteiger charge is -2.11. The molecule has 0 aliphatic rings. The fourth-order valence-corrected chi connectivity index (χ4v) is 2.32. The van der Waals surface area contributed by atoms with E-state index >= 15 is 0 Å². The standard InChI is InChI=1S/C20H20F2N2O5/c1-2-13-7-9-14(10-8-13)24-17(25)12-28-18(26)11-23-19(27)15-5-3-4-6-16(15)29-20(21)22/h3-10,20H,2,11-12H2,1H3,(H,23,27)(H,24,25). The van der Waals surface area contributed by atoms with Crippen LogP contribution >= 0.6 is 0 Å². The average molecular weight is 406 g/mol. The van der Waals surface area contributed by atoms with Crippen LogP contribution < -0.4 is 15.4 Å². The second-order valence-electron chi connectivity index (χ2n) is 5.82. The van der Waals surface area contributed by atoms with Crippen molar-refractivity contribution < 1.29 is 32.6 Å². The molecule has 0 aliphatic carbocycles. The molecule has 154 valence electrons. The van der Waals surface area contributed by atoms with E-state index in [1.54, 1.807) is 12.1 Å². The summed E-state index contributed by atoms with van der Waals surface area (Å²) in [5.41, 5.74) is 1.52. The van der Waals surface area contributed by atoms with Crippen molar-refractivity contribution in [1.82, 2.24) is 5.32 Å². The number of rotatable bonds is 9. The maximum Gasteiger partial charge on any atom is 0.387 e. The highest BCUT2D eigenvalue weighted by Gasteiger charge is 2.16. The number of esters is 1. The van der Waals surface area contributed by atoms with Gasteiger partial charge in [0.05, 0.1) is 5.56 Å². The molecule has 29 heavy (non-hydrogen) atoms. The van der Waals surface area contributed by atoms with Crippen molar-refractivity contribution >= 4 is 23.5 Å². The van der Waals surface area contributed by atoms with Gasteiger partial charge in [0, 0.05) is 5.69 Å². The van der Waals surface area contributed by atoms with Crippen molar-refractivity contribution in [2.75, 3.05) is 18.5 Å². The van der Waals surface area contributed by atoms with E-state index in [4.69, 9.17) is 4.74 Å². The minimum absolute atomic E-state index is 0.158. The minimum Gasteiger partial charge on any atom is -0.454 e. The van der Waals surface area contributed by atoms with E-state index < -0.39 is 37.5 Å². The average Bonchev–Trinajstić information content (AvgIpc) is 2.71. The lowest BCUT2D eigenvalue weighted by Crippen LogP contribution is -2.32. The number of para-hydroxylation sites is 1. The molecule has 0 atom stereocenters. The third-order valence-electron chi connectivity index (χ3n) is 3.75. The topological polar surface area (TPSA) is 93.7 Å². The van der Waals surface area contributed by atoms with E-state index in [-0.39, 0.29) is 11.3 Å². The Kier molecular flexibility index (Phi) is 8.08. The number of anilines is 1. The zero-order valence-corrected chi connectivity index (χ0v) is 15.6. The summed E-state index contributed by atoms with van der Waals surface area (Å²) in [6, 6.07) is 12.6. The van der Waals surface area contributed by atoms with E-state index in [0.717, 1.165) is 12.0 Å². The van der Waals surface area contributed by atoms with Crippen molar-refractivity contribution in [2.24, 2.45) is 0 Å². The van der Waals surface area contributed by atoms with Crippen LogP contribution in [0.1, 0.15) is 22.8 Å². The van der Waals surface area contributed by atoms with E-state index in [0.29, 0.717) is 5.69 Å². The highest BCUT2D eigenvalue weighted by molar-refractivity contribution is 5.98. The number of aryl methyl sites for hydroxylation is 1. The molecule has 0 unspecified atom stereocenters. The maximum atomic E-state index is 12.4. The molecule has 0 spiro atoms. The number of ether oxygens (including phenoxy) is 2. The first-order valence-electron chi connectivity index (χ1n) is 8.75. The molecule has 0 saturated heterocycles. The lowest BCUT2D eigenvalue weighted by atomic mass is 10.1. The first-order chi connectivity index (χ1) is 13.9. The molecule has 0 aliphatic heterocycles. The van der Waals surface area contributed by atoms with Crippen LogP contribution in [0, 0.1) is 0 Å². The Bertz CT molecular complexity index is 856. The molecule has 2 aromatic rings. The molecule has 0 heterocycles. The van der Waals surface area contributed by atoms with Crippen molar-refractivity contribution in [3.05, 3.63) is 59.7 Å². The molecular weight excluding hydrogens is 386 g/mol. The summed E-state index contributed by atoms with van der Waals surface area (Å²) in [6.07, 6.45) is 0.871. The summed E-state index contributed by atoms with van der Waals surface area (Å²) in [5, 5.41) is 4.80. The summed E-state index contributed by atoms with van der Waals surface area (Å²) in [6.45, 7) is -2.16. The first kappa shape index (κ1) is 21.8. The van der Waals surface area contributed by atoms with Crippen LogP contribution in [0.15, 0.2) is 48.5 Å². The molecule has 2 amide bonds. The molecule has 0 aromatic heterocycles. The van der Waals surface area contributed by atoms with Gasteiger partial charge < -0.3 is 20.1 Å². The van der Waals surface area contributed by atoms with Crippen LogP contribution in [0.25, 0.3) is 0 Å². The number of hydrogen-bond donors (Lipinski definition) is 2. The zero-order chi connectivity index (χ0) is 21.2. The van der Waals surface area contributed by atoms with E-state index in [1.165, 1.54) is 24.3 Å². The van der Waals surface area contributed by atoms with E-state index in [2.05, 4.69) is 15.4 Å². The van der Waals surface area contributed by atoms with Gasteiger partial charge in [-0.05, 0) is 36.2 Å². The van der Waals surface area contributed by atoms with Gasteiger partial charge in [-0.15, -0.1) is 0 Å². The van der Waals surface area contributed by atoms with Crippen molar-refractivity contribution in [1.29, 1.82) is 0 Å². The molecule has 0 fully saturated rings. The fourth-order valence-electron chi connectivity index (χ4n) is 2.32. The van der Waals surface area contributed by atoms with Gasteiger partial charge in [0.15, 0.2) is 6.61 Å². The molecular formula is C20H20F2N2O5.